The van der Waals surface area contributed by atoms with Crippen LogP contribution in [0.5, 0.6) is 5.75 Å². The minimum Gasteiger partial charge on any atom is -0.497 e. The lowest BCUT2D eigenvalue weighted by molar-refractivity contribution is -0.176. The van der Waals surface area contributed by atoms with Crippen LogP contribution in [-0.4, -0.2) is 67.8 Å². The fraction of sp³-hybridized carbons (Fsp3) is 0.696. The Labute approximate surface area is 184 Å². The third kappa shape index (κ3) is 3.34. The van der Waals surface area contributed by atoms with Gasteiger partial charge in [-0.05, 0) is 68.3 Å². The van der Waals surface area contributed by atoms with Gasteiger partial charge in [0.05, 0.1) is 24.5 Å². The molecule has 2 N–H and O–H groups in total. The zero-order valence-electron chi connectivity index (χ0n) is 18.3. The number of benzene rings is 1. The first kappa shape index (κ1) is 21.4. The summed E-state index contributed by atoms with van der Waals surface area (Å²) in [6.07, 6.45) is 4.12. The van der Waals surface area contributed by atoms with Crippen LogP contribution in [0.3, 0.4) is 0 Å². The zero-order valence-corrected chi connectivity index (χ0v) is 19.1. The molecule has 7 nitrogen and oxygen atoms in total. The topological polar surface area (TPSA) is 95.9 Å². The summed E-state index contributed by atoms with van der Waals surface area (Å²) in [5.41, 5.74) is 0.289. The molecular formula is C23H32N2O5S. The Morgan fingerprint density at radius 3 is 2.77 bits per heavy atom. The average Bonchev–Trinajstić information content (AvgIpc) is 3.55. The molecule has 1 aliphatic heterocycles. The standard InChI is InChI=1S/C23H32N2O5S/c1-3-31(28,29)24-19-12-23(27)21-10-16-6-7-17(30-2)11-18(16)22(23,13-20(19)26)8-9-25(21)14-15-4-5-15/h6-7,11,15,19,21,24,27H,3-5,8-10,12-14H2,1-2H3/t19-,21+,22+,23+/m0/s1. The van der Waals surface area contributed by atoms with Gasteiger partial charge in [0.2, 0.25) is 10.0 Å². The van der Waals surface area contributed by atoms with Crippen LogP contribution < -0.4 is 9.46 Å². The highest BCUT2D eigenvalue weighted by Gasteiger charge is 2.66. The Hall–Kier alpha value is -1.48. The van der Waals surface area contributed by atoms with Crippen LogP contribution in [0.25, 0.3) is 0 Å². The van der Waals surface area contributed by atoms with Gasteiger partial charge >= 0.3 is 0 Å². The summed E-state index contributed by atoms with van der Waals surface area (Å²) >= 11 is 0. The molecule has 1 heterocycles. The predicted octanol–water partition coefficient (Wildman–Crippen LogP) is 1.38. The molecule has 8 heteroatoms. The number of hydrogen-bond donors (Lipinski definition) is 2. The highest BCUT2D eigenvalue weighted by atomic mass is 32.2. The molecule has 0 spiro atoms. The van der Waals surface area contributed by atoms with Crippen LogP contribution in [0.4, 0.5) is 0 Å². The van der Waals surface area contributed by atoms with Crippen LogP contribution in [0.15, 0.2) is 18.2 Å². The Morgan fingerprint density at radius 1 is 1.32 bits per heavy atom. The lowest BCUT2D eigenvalue weighted by atomic mass is 9.48. The minimum atomic E-state index is -3.55. The van der Waals surface area contributed by atoms with Crippen molar-refractivity contribution < 1.29 is 23.1 Å². The van der Waals surface area contributed by atoms with Gasteiger partial charge in [-0.15, -0.1) is 0 Å². The van der Waals surface area contributed by atoms with Gasteiger partial charge in [-0.25, -0.2) is 13.1 Å². The molecule has 0 aromatic heterocycles. The highest BCUT2D eigenvalue weighted by Crippen LogP contribution is 2.58. The van der Waals surface area contributed by atoms with Crippen molar-refractivity contribution >= 4 is 15.8 Å². The molecule has 0 radical (unpaired) electrons. The van der Waals surface area contributed by atoms with Crippen LogP contribution in [0.1, 0.15) is 50.2 Å². The smallest absolute Gasteiger partial charge is 0.211 e. The third-order valence-electron chi connectivity index (χ3n) is 8.16. The van der Waals surface area contributed by atoms with Crippen molar-refractivity contribution in [3.8, 4) is 5.75 Å². The number of ether oxygens (including phenoxy) is 1. The summed E-state index contributed by atoms with van der Waals surface area (Å²) in [6, 6.07) is 5.00. The van der Waals surface area contributed by atoms with E-state index < -0.39 is 27.1 Å². The van der Waals surface area contributed by atoms with E-state index in [1.807, 2.05) is 12.1 Å². The van der Waals surface area contributed by atoms with Crippen LogP contribution >= 0.6 is 0 Å². The molecule has 1 aromatic carbocycles. The SMILES string of the molecule is CCS(=O)(=O)N[C@H]1C[C@@]2(O)[C@H]3Cc4ccc(OC)cc4[C@@]2(CCN3CC2CC2)CC1=O. The molecule has 1 saturated heterocycles. The average molecular weight is 449 g/mol. The number of piperidine rings is 1. The minimum absolute atomic E-state index is 0.0857. The van der Waals surface area contributed by atoms with Gasteiger partial charge in [-0.2, -0.15) is 0 Å². The van der Waals surface area contributed by atoms with Gasteiger partial charge < -0.3 is 9.84 Å². The number of rotatable bonds is 6. The van der Waals surface area contributed by atoms with E-state index in [1.165, 1.54) is 12.8 Å². The number of nitrogens with one attached hydrogen (secondary N) is 1. The molecule has 3 fully saturated rings. The second kappa shape index (κ2) is 7.27. The monoisotopic (exact) mass is 448 g/mol. The molecule has 31 heavy (non-hydrogen) atoms. The van der Waals surface area contributed by atoms with Crippen molar-refractivity contribution in [3.63, 3.8) is 0 Å². The van der Waals surface area contributed by atoms with Crippen molar-refractivity contribution in [2.75, 3.05) is 26.0 Å². The first-order chi connectivity index (χ1) is 14.7. The first-order valence-corrected chi connectivity index (χ1v) is 13.0. The molecule has 3 aliphatic carbocycles. The molecule has 2 bridgehead atoms. The van der Waals surface area contributed by atoms with Gasteiger partial charge in [0.15, 0.2) is 5.78 Å². The maximum Gasteiger partial charge on any atom is 0.211 e. The van der Waals surface area contributed by atoms with Gasteiger partial charge in [-0.3, -0.25) is 9.69 Å². The van der Waals surface area contributed by atoms with Gasteiger partial charge in [0.25, 0.3) is 0 Å². The largest absolute Gasteiger partial charge is 0.497 e. The molecule has 0 amide bonds. The van der Waals surface area contributed by atoms with Gasteiger partial charge in [0, 0.05) is 30.8 Å². The molecule has 0 unspecified atom stereocenters. The van der Waals surface area contributed by atoms with E-state index in [1.54, 1.807) is 14.0 Å². The number of nitrogens with zero attached hydrogens (tertiary/aromatic N) is 1. The van der Waals surface area contributed by atoms with Crippen molar-refractivity contribution in [3.05, 3.63) is 29.3 Å². The van der Waals surface area contributed by atoms with Crippen molar-refractivity contribution in [2.24, 2.45) is 5.92 Å². The van der Waals surface area contributed by atoms with E-state index >= 15 is 0 Å². The summed E-state index contributed by atoms with van der Waals surface area (Å²) in [7, 11) is -1.93. The van der Waals surface area contributed by atoms with Gasteiger partial charge in [-0.1, -0.05) is 6.07 Å². The maximum absolute atomic E-state index is 13.2. The molecule has 1 aromatic rings. The number of ketones is 1. The number of Topliss-reactive ketones (excluding diaryl/α,β-unsaturated/α-hetero) is 1. The number of hydrogen-bond acceptors (Lipinski definition) is 6. The summed E-state index contributed by atoms with van der Waals surface area (Å²) in [5, 5.41) is 12.4. The van der Waals surface area contributed by atoms with Crippen molar-refractivity contribution in [1.29, 1.82) is 0 Å². The molecule has 2 saturated carbocycles. The van der Waals surface area contributed by atoms with Crippen molar-refractivity contribution in [2.45, 2.75) is 68.5 Å². The maximum atomic E-state index is 13.2. The fourth-order valence-electron chi connectivity index (χ4n) is 6.28. The molecule has 5 rings (SSSR count). The van der Waals surface area contributed by atoms with E-state index in [2.05, 4.69) is 15.7 Å². The van der Waals surface area contributed by atoms with E-state index in [0.29, 0.717) is 18.8 Å². The summed E-state index contributed by atoms with van der Waals surface area (Å²) in [5.74, 6) is 1.19. The summed E-state index contributed by atoms with van der Waals surface area (Å²) in [4.78, 5) is 15.6. The quantitative estimate of drug-likeness (QED) is 0.683. The number of likely N-dealkylation sites (tertiary alicyclic amines) is 1. The molecule has 4 aliphatic rings. The number of aliphatic hydroxyl groups is 1. The lowest BCUT2D eigenvalue weighted by Crippen LogP contribution is -2.76. The number of carbonyl (C=O) groups excluding carboxylic acids is 1. The van der Waals surface area contributed by atoms with Crippen molar-refractivity contribution in [1.82, 2.24) is 9.62 Å². The normalized spacial score (nSPS) is 35.4. The molecule has 4 atom stereocenters. The van der Waals surface area contributed by atoms with E-state index in [0.717, 1.165) is 30.0 Å². The number of methoxy groups -OCH3 is 1. The van der Waals surface area contributed by atoms with E-state index in [4.69, 9.17) is 4.74 Å². The Morgan fingerprint density at radius 2 is 2.10 bits per heavy atom. The number of fused-ring (bicyclic) bond motifs is 1. The summed E-state index contributed by atoms with van der Waals surface area (Å²) < 4.78 is 32.5. The lowest BCUT2D eigenvalue weighted by Gasteiger charge is -2.64. The van der Waals surface area contributed by atoms with Crippen LogP contribution in [0.2, 0.25) is 0 Å². The second-order valence-corrected chi connectivity index (χ2v) is 11.9. The Balaban J connectivity index is 1.60. The Kier molecular flexibility index (Phi) is 5.01. The van der Waals surface area contributed by atoms with Crippen LogP contribution in [0, 0.1) is 5.92 Å². The van der Waals surface area contributed by atoms with E-state index in [9.17, 15) is 18.3 Å². The summed E-state index contributed by atoms with van der Waals surface area (Å²) in [6.45, 7) is 3.37. The van der Waals surface area contributed by atoms with Gasteiger partial charge in [0.1, 0.15) is 5.75 Å². The number of carbonyl (C=O) groups is 1. The fourth-order valence-corrected chi connectivity index (χ4v) is 7.09. The molecular weight excluding hydrogens is 416 g/mol. The Bertz CT molecular complexity index is 1010. The van der Waals surface area contributed by atoms with Crippen LogP contribution in [-0.2, 0) is 26.7 Å². The number of sulfonamides is 1. The van der Waals surface area contributed by atoms with E-state index in [-0.39, 0.29) is 30.4 Å². The first-order valence-electron chi connectivity index (χ1n) is 11.4. The zero-order chi connectivity index (χ0) is 22.0. The highest BCUT2D eigenvalue weighted by molar-refractivity contribution is 7.89. The second-order valence-electron chi connectivity index (χ2n) is 9.86. The predicted molar refractivity (Wildman–Crippen MR) is 117 cm³/mol. The third-order valence-corrected chi connectivity index (χ3v) is 9.57. The molecule has 170 valence electrons.